The molecule has 1 amide bonds. The molecule has 0 saturated carbocycles. The molecule has 27 heavy (non-hydrogen) atoms. The Kier molecular flexibility index (Phi) is 5.75. The van der Waals surface area contributed by atoms with Crippen molar-refractivity contribution in [1.82, 2.24) is 15.3 Å². The van der Waals surface area contributed by atoms with Crippen LogP contribution in [0.25, 0.3) is 11.0 Å². The average molecular weight is 384 g/mol. The third-order valence-electron chi connectivity index (χ3n) is 4.61. The molecule has 2 heterocycles. The lowest BCUT2D eigenvalue weighted by Crippen LogP contribution is -2.32. The van der Waals surface area contributed by atoms with Gasteiger partial charge in [-0.3, -0.25) is 9.59 Å². The Bertz CT molecular complexity index is 938. The van der Waals surface area contributed by atoms with Crippen molar-refractivity contribution in [1.29, 1.82) is 0 Å². The van der Waals surface area contributed by atoms with E-state index in [0.29, 0.717) is 0 Å². The summed E-state index contributed by atoms with van der Waals surface area (Å²) in [5.41, 5.74) is 2.57. The van der Waals surface area contributed by atoms with Crippen molar-refractivity contribution in [3.63, 3.8) is 0 Å². The van der Waals surface area contributed by atoms with E-state index in [4.69, 9.17) is 0 Å². The fourth-order valence-corrected chi connectivity index (χ4v) is 4.13. The van der Waals surface area contributed by atoms with Crippen LogP contribution in [-0.2, 0) is 4.79 Å². The van der Waals surface area contributed by atoms with Crippen LogP contribution in [0.3, 0.4) is 0 Å². The van der Waals surface area contributed by atoms with Crippen molar-refractivity contribution < 1.29 is 9.59 Å². The maximum absolute atomic E-state index is 12.5. The number of imidazole rings is 1. The molecule has 2 N–H and O–H groups in total. The Morgan fingerprint density at radius 3 is 2.56 bits per heavy atom. The second-order valence-electron chi connectivity index (χ2n) is 7.18. The summed E-state index contributed by atoms with van der Waals surface area (Å²) in [6.45, 7) is 8.02. The lowest BCUT2D eigenvalue weighted by Gasteiger charge is -2.20. The summed E-state index contributed by atoms with van der Waals surface area (Å²) >= 11 is 1.61. The number of aryl methyl sites for hydroxylation is 2. The SMILES string of the molecule is Cc1cc(C(=O)CCC(=O)NC(c2nc3ccccc3[nH]2)C(C)C)c(C)s1. The number of hydrogen-bond acceptors (Lipinski definition) is 4. The molecule has 0 spiro atoms. The maximum Gasteiger partial charge on any atom is 0.221 e. The molecule has 6 heteroatoms. The Morgan fingerprint density at radius 2 is 1.93 bits per heavy atom. The number of Topliss-reactive ketones (excluding diaryl/α,β-unsaturated/α-hetero) is 1. The Hall–Kier alpha value is -2.47. The van der Waals surface area contributed by atoms with Gasteiger partial charge in [-0.15, -0.1) is 11.3 Å². The fraction of sp³-hybridized carbons (Fsp3) is 0.381. The van der Waals surface area contributed by atoms with E-state index in [9.17, 15) is 9.59 Å². The van der Waals surface area contributed by atoms with Crippen LogP contribution >= 0.6 is 11.3 Å². The van der Waals surface area contributed by atoms with Gasteiger partial charge in [0.05, 0.1) is 17.1 Å². The van der Waals surface area contributed by atoms with Gasteiger partial charge in [-0.05, 0) is 38.0 Å². The number of thiophene rings is 1. The first-order valence-corrected chi connectivity index (χ1v) is 10.0. The molecular weight excluding hydrogens is 358 g/mol. The van der Waals surface area contributed by atoms with Crippen LogP contribution in [0.4, 0.5) is 0 Å². The predicted octanol–water partition coefficient (Wildman–Crippen LogP) is 4.72. The quantitative estimate of drug-likeness (QED) is 0.580. The van der Waals surface area contributed by atoms with Crippen LogP contribution in [0.1, 0.15) is 58.7 Å². The highest BCUT2D eigenvalue weighted by Gasteiger charge is 2.22. The number of H-pyrrole nitrogens is 1. The van der Waals surface area contributed by atoms with E-state index in [1.165, 1.54) is 0 Å². The number of aromatic amines is 1. The minimum Gasteiger partial charge on any atom is -0.346 e. The molecule has 3 rings (SSSR count). The standard InChI is InChI=1S/C21H25N3O2S/c1-12(2)20(21-22-16-7-5-6-8-17(16)23-21)24-19(26)10-9-18(25)15-11-13(3)27-14(15)4/h5-8,11-12,20H,9-10H2,1-4H3,(H,22,23)(H,24,26). The van der Waals surface area contributed by atoms with Crippen LogP contribution in [0.15, 0.2) is 30.3 Å². The van der Waals surface area contributed by atoms with E-state index < -0.39 is 0 Å². The number of hydrogen-bond donors (Lipinski definition) is 2. The Balaban J connectivity index is 1.65. The van der Waals surface area contributed by atoms with Gasteiger partial charge in [0.15, 0.2) is 5.78 Å². The first kappa shape index (κ1) is 19.3. The number of rotatable bonds is 7. The highest BCUT2D eigenvalue weighted by atomic mass is 32.1. The van der Waals surface area contributed by atoms with Gasteiger partial charge in [-0.25, -0.2) is 4.98 Å². The molecule has 0 aliphatic rings. The molecule has 5 nitrogen and oxygen atoms in total. The number of carbonyl (C=O) groups is 2. The van der Waals surface area contributed by atoms with E-state index in [1.807, 2.05) is 58.0 Å². The smallest absolute Gasteiger partial charge is 0.221 e. The molecule has 0 aliphatic heterocycles. The molecule has 0 saturated heterocycles. The van der Waals surface area contributed by atoms with Crippen LogP contribution in [0.2, 0.25) is 0 Å². The third kappa shape index (κ3) is 4.45. The first-order valence-electron chi connectivity index (χ1n) is 9.19. The number of amides is 1. The Morgan fingerprint density at radius 1 is 1.19 bits per heavy atom. The number of ketones is 1. The monoisotopic (exact) mass is 383 g/mol. The number of aromatic nitrogens is 2. The van der Waals surface area contributed by atoms with E-state index in [1.54, 1.807) is 11.3 Å². The van der Waals surface area contributed by atoms with E-state index in [2.05, 4.69) is 15.3 Å². The second-order valence-corrected chi connectivity index (χ2v) is 8.64. The van der Waals surface area contributed by atoms with Crippen molar-refractivity contribution >= 4 is 34.1 Å². The van der Waals surface area contributed by atoms with E-state index >= 15 is 0 Å². The molecule has 1 aromatic carbocycles. The van der Waals surface area contributed by atoms with Crippen LogP contribution in [-0.4, -0.2) is 21.7 Å². The molecule has 0 aliphatic carbocycles. The normalized spacial score (nSPS) is 12.5. The molecule has 3 aromatic rings. The van der Waals surface area contributed by atoms with Crippen LogP contribution in [0, 0.1) is 19.8 Å². The lowest BCUT2D eigenvalue weighted by molar-refractivity contribution is -0.122. The van der Waals surface area contributed by atoms with Crippen molar-refractivity contribution in [2.24, 2.45) is 5.92 Å². The van der Waals surface area contributed by atoms with Crippen molar-refractivity contribution in [3.8, 4) is 0 Å². The van der Waals surface area contributed by atoms with Gasteiger partial charge in [-0.1, -0.05) is 26.0 Å². The third-order valence-corrected chi connectivity index (χ3v) is 5.57. The summed E-state index contributed by atoms with van der Waals surface area (Å²) in [5.74, 6) is 0.811. The van der Waals surface area contributed by atoms with E-state index in [0.717, 1.165) is 32.2 Å². The molecule has 0 bridgehead atoms. The number of para-hydroxylation sites is 2. The largest absolute Gasteiger partial charge is 0.346 e. The van der Waals surface area contributed by atoms with Crippen molar-refractivity contribution in [2.75, 3.05) is 0 Å². The Labute approximate surface area is 163 Å². The zero-order valence-electron chi connectivity index (χ0n) is 16.1. The van der Waals surface area contributed by atoms with Gasteiger partial charge in [0, 0.05) is 28.2 Å². The maximum atomic E-state index is 12.5. The lowest BCUT2D eigenvalue weighted by atomic mass is 10.0. The minimum atomic E-state index is -0.217. The number of benzene rings is 1. The number of nitrogens with one attached hydrogen (secondary N) is 2. The molecular formula is C21H25N3O2S. The number of carbonyl (C=O) groups excluding carboxylic acids is 2. The van der Waals surface area contributed by atoms with Gasteiger partial charge in [0.2, 0.25) is 5.91 Å². The van der Waals surface area contributed by atoms with Gasteiger partial charge in [-0.2, -0.15) is 0 Å². The molecule has 142 valence electrons. The summed E-state index contributed by atoms with van der Waals surface area (Å²) < 4.78 is 0. The summed E-state index contributed by atoms with van der Waals surface area (Å²) in [6, 6.07) is 9.49. The van der Waals surface area contributed by atoms with Crippen LogP contribution < -0.4 is 5.32 Å². The van der Waals surface area contributed by atoms with Gasteiger partial charge in [0.1, 0.15) is 5.82 Å². The number of fused-ring (bicyclic) bond motifs is 1. The molecule has 1 unspecified atom stereocenters. The average Bonchev–Trinajstić information content (AvgIpc) is 3.19. The zero-order valence-corrected chi connectivity index (χ0v) is 16.9. The van der Waals surface area contributed by atoms with Gasteiger partial charge < -0.3 is 10.3 Å². The highest BCUT2D eigenvalue weighted by molar-refractivity contribution is 7.12. The van der Waals surface area contributed by atoms with Gasteiger partial charge >= 0.3 is 0 Å². The second kappa shape index (κ2) is 8.05. The number of nitrogens with zero attached hydrogens (tertiary/aromatic N) is 1. The summed E-state index contributed by atoms with van der Waals surface area (Å²) in [6.07, 6.45) is 0.393. The van der Waals surface area contributed by atoms with Crippen LogP contribution in [0.5, 0.6) is 0 Å². The summed E-state index contributed by atoms with van der Waals surface area (Å²) in [4.78, 5) is 34.9. The highest BCUT2D eigenvalue weighted by Crippen LogP contribution is 2.24. The van der Waals surface area contributed by atoms with Crippen molar-refractivity contribution in [2.45, 2.75) is 46.6 Å². The molecule has 0 radical (unpaired) electrons. The zero-order chi connectivity index (χ0) is 19.6. The van der Waals surface area contributed by atoms with E-state index in [-0.39, 0.29) is 36.5 Å². The summed E-state index contributed by atoms with van der Waals surface area (Å²) in [7, 11) is 0. The van der Waals surface area contributed by atoms with Crippen molar-refractivity contribution in [3.05, 3.63) is 51.5 Å². The molecule has 2 aromatic heterocycles. The fourth-order valence-electron chi connectivity index (χ4n) is 3.19. The first-order chi connectivity index (χ1) is 12.8. The molecule has 0 fully saturated rings. The topological polar surface area (TPSA) is 74.8 Å². The minimum absolute atomic E-state index is 0.0248. The van der Waals surface area contributed by atoms with Gasteiger partial charge in [0.25, 0.3) is 0 Å². The summed E-state index contributed by atoms with van der Waals surface area (Å²) in [5, 5.41) is 3.04. The molecule has 1 atom stereocenters. The predicted molar refractivity (Wildman–Crippen MR) is 109 cm³/mol.